The number of carbonyl (C=O) groups excluding carboxylic acids is 1. The molecule has 0 aromatic heterocycles. The molecule has 0 radical (unpaired) electrons. The molecule has 0 unspecified atom stereocenters. The van der Waals surface area contributed by atoms with E-state index in [0.29, 0.717) is 24.3 Å². The molecule has 1 aliphatic heterocycles. The number of nitrogens with one attached hydrogen (secondary N) is 1. The number of amides is 1. The van der Waals surface area contributed by atoms with Crippen molar-refractivity contribution in [2.24, 2.45) is 0 Å². The Morgan fingerprint density at radius 1 is 1.07 bits per heavy atom. The zero-order chi connectivity index (χ0) is 19.4. The summed E-state index contributed by atoms with van der Waals surface area (Å²) in [6.07, 6.45) is 0.900. The Morgan fingerprint density at radius 2 is 1.78 bits per heavy atom. The normalized spacial score (nSPS) is 13.8. The summed E-state index contributed by atoms with van der Waals surface area (Å²) < 4.78 is 37.5. The van der Waals surface area contributed by atoms with Crippen molar-refractivity contribution in [3.8, 4) is 11.5 Å². The third-order valence-corrected chi connectivity index (χ3v) is 6.27. The fraction of sp³-hybridized carbons (Fsp3) is 0.316. The molecule has 0 saturated heterocycles. The highest BCUT2D eigenvalue weighted by Crippen LogP contribution is 2.26. The molecule has 0 fully saturated rings. The van der Waals surface area contributed by atoms with E-state index in [1.54, 1.807) is 43.5 Å². The number of hydrogen-bond acceptors (Lipinski definition) is 5. The number of sulfonamides is 1. The lowest BCUT2D eigenvalue weighted by Crippen LogP contribution is -2.31. The van der Waals surface area contributed by atoms with E-state index >= 15 is 0 Å². The second kappa shape index (κ2) is 7.98. The number of ether oxygens (including phenoxy) is 2. The van der Waals surface area contributed by atoms with E-state index in [4.69, 9.17) is 9.47 Å². The van der Waals surface area contributed by atoms with Crippen LogP contribution in [0.3, 0.4) is 0 Å². The molecule has 7 nitrogen and oxygen atoms in total. The highest BCUT2D eigenvalue weighted by molar-refractivity contribution is 7.89. The van der Waals surface area contributed by atoms with E-state index < -0.39 is 10.0 Å². The van der Waals surface area contributed by atoms with E-state index in [0.717, 1.165) is 11.3 Å². The summed E-state index contributed by atoms with van der Waals surface area (Å²) in [4.78, 5) is 11.6. The quantitative estimate of drug-likeness (QED) is 0.784. The number of methoxy groups -OCH3 is 1. The van der Waals surface area contributed by atoms with Gasteiger partial charge in [-0.1, -0.05) is 0 Å². The maximum Gasteiger partial charge on any atom is 0.242 e. The Balaban J connectivity index is 1.63. The van der Waals surface area contributed by atoms with Crippen molar-refractivity contribution in [1.29, 1.82) is 0 Å². The van der Waals surface area contributed by atoms with Crippen LogP contribution in [0.25, 0.3) is 0 Å². The second-order valence-electron chi connectivity index (χ2n) is 6.22. The van der Waals surface area contributed by atoms with Gasteiger partial charge in [0.05, 0.1) is 12.0 Å². The Morgan fingerprint density at radius 3 is 2.48 bits per heavy atom. The van der Waals surface area contributed by atoms with E-state index in [2.05, 4.69) is 5.32 Å². The number of hydrogen-bond donors (Lipinski definition) is 1. The van der Waals surface area contributed by atoms with Gasteiger partial charge in [-0.15, -0.1) is 0 Å². The van der Waals surface area contributed by atoms with Crippen LogP contribution in [0.1, 0.15) is 12.0 Å². The molecule has 1 aliphatic rings. The molecule has 2 aromatic rings. The summed E-state index contributed by atoms with van der Waals surface area (Å²) in [5.41, 5.74) is 1.51. The van der Waals surface area contributed by atoms with Gasteiger partial charge in [-0.05, 0) is 54.4 Å². The first kappa shape index (κ1) is 19.2. The number of anilines is 1. The molecule has 0 aliphatic carbocycles. The van der Waals surface area contributed by atoms with Crippen LogP contribution >= 0.6 is 0 Å². The minimum absolute atomic E-state index is 0.0501. The lowest BCUT2D eigenvalue weighted by molar-refractivity contribution is -0.116. The predicted molar refractivity (Wildman–Crippen MR) is 102 cm³/mol. The van der Waals surface area contributed by atoms with E-state index in [9.17, 15) is 13.2 Å². The van der Waals surface area contributed by atoms with Gasteiger partial charge in [-0.3, -0.25) is 4.79 Å². The van der Waals surface area contributed by atoms with Gasteiger partial charge in [-0.25, -0.2) is 8.42 Å². The average Bonchev–Trinajstić information content (AvgIpc) is 2.67. The molecule has 0 atom stereocenters. The minimum Gasteiger partial charge on any atom is -0.497 e. The topological polar surface area (TPSA) is 84.9 Å². The molecular formula is C19H22N2O5S. The largest absolute Gasteiger partial charge is 0.497 e. The molecule has 0 spiro atoms. The van der Waals surface area contributed by atoms with Gasteiger partial charge >= 0.3 is 0 Å². The summed E-state index contributed by atoms with van der Waals surface area (Å²) >= 11 is 0. The molecule has 0 bridgehead atoms. The van der Waals surface area contributed by atoms with Crippen LogP contribution in [-0.2, 0) is 21.2 Å². The lowest BCUT2D eigenvalue weighted by atomic mass is 10.0. The van der Waals surface area contributed by atoms with Gasteiger partial charge in [0, 0.05) is 25.7 Å². The van der Waals surface area contributed by atoms with Gasteiger partial charge in [-0.2, -0.15) is 4.31 Å². The van der Waals surface area contributed by atoms with Gasteiger partial charge in [0.15, 0.2) is 0 Å². The fourth-order valence-corrected chi connectivity index (χ4v) is 3.99. The zero-order valence-corrected chi connectivity index (χ0v) is 16.1. The second-order valence-corrected chi connectivity index (χ2v) is 8.26. The van der Waals surface area contributed by atoms with Crippen molar-refractivity contribution < 1.29 is 22.7 Å². The summed E-state index contributed by atoms with van der Waals surface area (Å²) in [6.45, 7) is 0.436. The lowest BCUT2D eigenvalue weighted by Gasteiger charge is -2.21. The van der Waals surface area contributed by atoms with Crippen LogP contribution in [0.5, 0.6) is 11.5 Å². The molecule has 27 heavy (non-hydrogen) atoms. The Kier molecular flexibility index (Phi) is 5.67. The monoisotopic (exact) mass is 390 g/mol. The number of rotatable bonds is 7. The highest BCUT2D eigenvalue weighted by atomic mass is 32.2. The first-order chi connectivity index (χ1) is 12.9. The molecule has 3 rings (SSSR count). The number of fused-ring (bicyclic) bond motifs is 1. The van der Waals surface area contributed by atoms with Crippen molar-refractivity contribution in [3.63, 3.8) is 0 Å². The van der Waals surface area contributed by atoms with Gasteiger partial charge < -0.3 is 14.8 Å². The van der Waals surface area contributed by atoms with Crippen molar-refractivity contribution in [2.75, 3.05) is 32.6 Å². The van der Waals surface area contributed by atoms with Crippen LogP contribution < -0.4 is 14.8 Å². The molecule has 1 heterocycles. The number of carbonyl (C=O) groups is 1. The Labute approximate surface area is 158 Å². The zero-order valence-electron chi connectivity index (χ0n) is 15.3. The van der Waals surface area contributed by atoms with Crippen LogP contribution in [0.15, 0.2) is 47.4 Å². The molecule has 1 amide bonds. The molecule has 144 valence electrons. The Bertz CT molecular complexity index is 926. The van der Waals surface area contributed by atoms with Crippen molar-refractivity contribution in [1.82, 2.24) is 4.31 Å². The summed E-state index contributed by atoms with van der Waals surface area (Å²) in [6, 6.07) is 11.9. The third kappa shape index (κ3) is 4.40. The highest BCUT2D eigenvalue weighted by Gasteiger charge is 2.23. The summed E-state index contributed by atoms with van der Waals surface area (Å²) in [5.74, 6) is 1.32. The van der Waals surface area contributed by atoms with Gasteiger partial charge in [0.2, 0.25) is 15.9 Å². The predicted octanol–water partition coefficient (Wildman–Crippen LogP) is 2.28. The Hall–Kier alpha value is -2.58. The molecule has 1 N–H and O–H groups in total. The number of likely N-dealkylation sites (N-methyl/N-ethyl adjacent to an activating group) is 1. The number of nitrogens with zero attached hydrogens (tertiary/aromatic N) is 1. The fourth-order valence-electron chi connectivity index (χ4n) is 2.78. The van der Waals surface area contributed by atoms with E-state index in [-0.39, 0.29) is 24.0 Å². The van der Waals surface area contributed by atoms with Crippen LogP contribution in [0.4, 0.5) is 5.69 Å². The van der Waals surface area contributed by atoms with Crippen molar-refractivity contribution in [3.05, 3.63) is 48.0 Å². The smallest absolute Gasteiger partial charge is 0.242 e. The molecule has 0 saturated carbocycles. The average molecular weight is 390 g/mol. The SMILES string of the molecule is COc1ccc(OCCN(C)S(=O)(=O)c2ccc3c(c2)CCC(=O)N3)cc1. The maximum absolute atomic E-state index is 12.8. The molecule has 8 heteroatoms. The molecule has 2 aromatic carbocycles. The van der Waals surface area contributed by atoms with Gasteiger partial charge in [0.1, 0.15) is 18.1 Å². The number of aryl methyl sites for hydroxylation is 1. The maximum atomic E-state index is 12.8. The van der Waals surface area contributed by atoms with E-state index in [1.165, 1.54) is 17.4 Å². The molecular weight excluding hydrogens is 368 g/mol. The van der Waals surface area contributed by atoms with Crippen LogP contribution in [0.2, 0.25) is 0 Å². The van der Waals surface area contributed by atoms with Crippen LogP contribution in [0, 0.1) is 0 Å². The van der Waals surface area contributed by atoms with E-state index in [1.807, 2.05) is 0 Å². The standard InChI is InChI=1S/C19H22N2O5S/c1-21(11-12-26-16-6-4-15(25-2)5-7-16)27(23,24)17-8-9-18-14(13-17)3-10-19(22)20-18/h4-9,13H,3,10-12H2,1-2H3,(H,20,22). The third-order valence-electron chi connectivity index (χ3n) is 4.41. The number of benzene rings is 2. The van der Waals surface area contributed by atoms with Crippen molar-refractivity contribution >= 4 is 21.6 Å². The minimum atomic E-state index is -3.63. The van der Waals surface area contributed by atoms with Gasteiger partial charge in [0.25, 0.3) is 0 Å². The van der Waals surface area contributed by atoms with Crippen LogP contribution in [-0.4, -0.2) is 45.9 Å². The van der Waals surface area contributed by atoms with Crippen molar-refractivity contribution in [2.45, 2.75) is 17.7 Å². The summed E-state index contributed by atoms with van der Waals surface area (Å²) in [7, 11) is -0.521. The first-order valence-corrected chi connectivity index (χ1v) is 10.00. The summed E-state index contributed by atoms with van der Waals surface area (Å²) in [5, 5.41) is 2.75. The first-order valence-electron chi connectivity index (χ1n) is 8.56.